The molecule has 4 rings (SSSR count). The Labute approximate surface area is 166 Å². The van der Waals surface area contributed by atoms with Crippen LogP contribution in [0.25, 0.3) is 0 Å². The molecule has 1 fully saturated rings. The van der Waals surface area contributed by atoms with Crippen LogP contribution in [0, 0.1) is 25.2 Å². The van der Waals surface area contributed by atoms with Crippen molar-refractivity contribution in [3.8, 4) is 6.07 Å². The monoisotopic (exact) mass is 457 g/mol. The quantitative estimate of drug-likeness (QED) is 0.627. The van der Waals surface area contributed by atoms with Gasteiger partial charge in [-0.05, 0) is 49.7 Å². The van der Waals surface area contributed by atoms with Gasteiger partial charge in [0.2, 0.25) is 11.4 Å². The van der Waals surface area contributed by atoms with Gasteiger partial charge in [0.25, 0.3) is 0 Å². The highest BCUT2D eigenvalue weighted by Gasteiger charge is 2.55. The molecule has 26 heavy (non-hydrogen) atoms. The predicted octanol–water partition coefficient (Wildman–Crippen LogP) is 4.42. The summed E-state index contributed by atoms with van der Waals surface area (Å²) in [5.41, 5.74) is 3.72. The van der Waals surface area contributed by atoms with Crippen molar-refractivity contribution < 1.29 is 7.86 Å². The molecule has 0 amide bonds. The lowest BCUT2D eigenvalue weighted by Crippen LogP contribution is -2.49. The van der Waals surface area contributed by atoms with Crippen LogP contribution >= 0.6 is 23.0 Å². The van der Waals surface area contributed by atoms with Gasteiger partial charge in [-0.1, -0.05) is 11.6 Å². The van der Waals surface area contributed by atoms with E-state index in [1.54, 1.807) is 6.07 Å². The van der Waals surface area contributed by atoms with Gasteiger partial charge >= 0.3 is 0 Å². The molecule has 2 aliphatic heterocycles. The molecule has 0 unspecified atom stereocenters. The van der Waals surface area contributed by atoms with Crippen LogP contribution in [0.4, 0.5) is 11.4 Å². The molecule has 2 heterocycles. The number of carbonyl (C=O) groups excluding carboxylic acids is 1. The van der Waals surface area contributed by atoms with Gasteiger partial charge < -0.3 is 4.90 Å². The van der Waals surface area contributed by atoms with Crippen LogP contribution in [0.1, 0.15) is 33.5 Å². The second kappa shape index (κ2) is 6.18. The minimum Gasteiger partial charge on any atom is -0.327 e. The van der Waals surface area contributed by atoms with Crippen LogP contribution in [0.15, 0.2) is 41.4 Å². The van der Waals surface area contributed by atoms with E-state index in [4.69, 9.17) is 13.3 Å². The van der Waals surface area contributed by atoms with E-state index in [2.05, 4.69) is 6.07 Å². The molecule has 2 aromatic carbocycles. The fourth-order valence-corrected chi connectivity index (χ4v) is 4.25. The highest BCUT2D eigenvalue weighted by molar-refractivity contribution is 14.1. The van der Waals surface area contributed by atoms with Crippen LogP contribution in [-0.2, 0) is 3.07 Å². The maximum absolute atomic E-state index is 13.3. The first-order valence-electron chi connectivity index (χ1n) is 8.33. The summed E-state index contributed by atoms with van der Waals surface area (Å²) in [6, 6.07) is 13.6. The summed E-state index contributed by atoms with van der Waals surface area (Å²) in [5, 5.41) is 9.15. The van der Waals surface area contributed by atoms with Gasteiger partial charge in [-0.25, -0.2) is 4.99 Å². The fourth-order valence-electron chi connectivity index (χ4n) is 3.63. The number of carbonyl (C=O) groups is 1. The lowest BCUT2D eigenvalue weighted by atomic mass is 9.87. The van der Waals surface area contributed by atoms with Crippen molar-refractivity contribution in [2.75, 3.05) is 11.4 Å². The molecular formula is C20H16IN3O2. The maximum Gasteiger partial charge on any atom is 0.205 e. The van der Waals surface area contributed by atoms with Crippen LogP contribution in [0.3, 0.4) is 0 Å². The number of anilines is 1. The number of Topliss-reactive ketones (excluding diaryl/α,β-unsaturated/α-hetero) is 1. The SMILES string of the molecule is Cc1ccc2c(c1)C(=O)[C@]1(OI)CCN(c3ccc(C#N)c(C)c3)C1=N2. The van der Waals surface area contributed by atoms with E-state index in [9.17, 15) is 4.79 Å². The Bertz CT molecular complexity index is 1010. The van der Waals surface area contributed by atoms with Crippen molar-refractivity contribution in [2.45, 2.75) is 25.9 Å². The Morgan fingerprint density at radius 3 is 2.77 bits per heavy atom. The number of rotatable bonds is 2. The van der Waals surface area contributed by atoms with E-state index in [1.165, 1.54) is 0 Å². The van der Waals surface area contributed by atoms with E-state index >= 15 is 0 Å². The second-order valence-electron chi connectivity index (χ2n) is 6.70. The summed E-state index contributed by atoms with van der Waals surface area (Å²) in [4.78, 5) is 20.1. The number of halogens is 1. The van der Waals surface area contributed by atoms with E-state index in [0.717, 1.165) is 16.8 Å². The normalized spacial score (nSPS) is 21.1. The summed E-state index contributed by atoms with van der Waals surface area (Å²) >= 11 is 1.81. The molecule has 2 aromatic rings. The minimum atomic E-state index is -1.05. The number of benzene rings is 2. The predicted molar refractivity (Wildman–Crippen MR) is 108 cm³/mol. The number of nitrogens with zero attached hydrogens (tertiary/aromatic N) is 3. The first-order valence-corrected chi connectivity index (χ1v) is 9.21. The van der Waals surface area contributed by atoms with Gasteiger partial charge in [-0.2, -0.15) is 5.26 Å². The van der Waals surface area contributed by atoms with Crippen LogP contribution in [0.5, 0.6) is 0 Å². The average Bonchev–Trinajstić information content (AvgIpc) is 3.02. The Morgan fingerprint density at radius 2 is 2.08 bits per heavy atom. The van der Waals surface area contributed by atoms with Gasteiger partial charge in [-0.3, -0.25) is 7.86 Å². The lowest BCUT2D eigenvalue weighted by molar-refractivity contribution is 0.0769. The molecule has 6 heteroatoms. The Hall–Kier alpha value is -2.24. The number of aryl methyl sites for hydroxylation is 2. The third-order valence-corrected chi connectivity index (χ3v) is 5.82. The zero-order chi connectivity index (χ0) is 18.5. The molecule has 0 spiro atoms. The van der Waals surface area contributed by atoms with Crippen LogP contribution < -0.4 is 4.90 Å². The molecular weight excluding hydrogens is 441 g/mol. The smallest absolute Gasteiger partial charge is 0.205 e. The second-order valence-corrected chi connectivity index (χ2v) is 7.14. The number of nitriles is 1. The Morgan fingerprint density at radius 1 is 1.27 bits per heavy atom. The van der Waals surface area contributed by atoms with Crippen molar-refractivity contribution in [2.24, 2.45) is 4.99 Å². The number of fused-ring (bicyclic) bond motifs is 2. The molecule has 1 saturated heterocycles. The van der Waals surface area contributed by atoms with Gasteiger partial charge in [0.05, 0.1) is 17.3 Å². The molecule has 0 aromatic heterocycles. The van der Waals surface area contributed by atoms with E-state index in [1.807, 2.05) is 72.1 Å². The molecule has 1 atom stereocenters. The summed E-state index contributed by atoms with van der Waals surface area (Å²) < 4.78 is 5.73. The number of amidine groups is 1. The van der Waals surface area contributed by atoms with E-state index in [-0.39, 0.29) is 5.78 Å². The first kappa shape index (κ1) is 17.2. The third kappa shape index (κ3) is 2.38. The first-order chi connectivity index (χ1) is 12.5. The minimum absolute atomic E-state index is 0.0385. The highest BCUT2D eigenvalue weighted by Crippen LogP contribution is 2.43. The van der Waals surface area contributed by atoms with Crippen LogP contribution in [-0.4, -0.2) is 23.8 Å². The van der Waals surface area contributed by atoms with E-state index < -0.39 is 5.60 Å². The lowest BCUT2D eigenvalue weighted by Gasteiger charge is -2.31. The number of hydrogen-bond acceptors (Lipinski definition) is 5. The van der Waals surface area contributed by atoms with Gasteiger partial charge in [0.1, 0.15) is 23.0 Å². The molecule has 0 aliphatic carbocycles. The zero-order valence-electron chi connectivity index (χ0n) is 14.4. The Balaban J connectivity index is 1.87. The molecule has 0 radical (unpaired) electrons. The molecule has 5 nitrogen and oxygen atoms in total. The summed E-state index contributed by atoms with van der Waals surface area (Å²) in [6.07, 6.45) is 0.542. The highest BCUT2D eigenvalue weighted by atomic mass is 127. The van der Waals surface area contributed by atoms with Crippen molar-refractivity contribution in [1.29, 1.82) is 5.26 Å². The van der Waals surface area contributed by atoms with Crippen molar-refractivity contribution in [1.82, 2.24) is 0 Å². The summed E-state index contributed by atoms with van der Waals surface area (Å²) in [6.45, 7) is 4.50. The number of aliphatic imine (C=N–C) groups is 1. The fraction of sp³-hybridized carbons (Fsp3) is 0.250. The molecule has 0 bridgehead atoms. The zero-order valence-corrected chi connectivity index (χ0v) is 16.6. The summed E-state index contributed by atoms with van der Waals surface area (Å²) in [5.74, 6) is 0.584. The van der Waals surface area contributed by atoms with Crippen molar-refractivity contribution in [3.05, 3.63) is 58.7 Å². The largest absolute Gasteiger partial charge is 0.327 e. The maximum atomic E-state index is 13.3. The average molecular weight is 457 g/mol. The molecule has 0 saturated carbocycles. The van der Waals surface area contributed by atoms with Gasteiger partial charge in [0.15, 0.2) is 5.84 Å². The summed E-state index contributed by atoms with van der Waals surface area (Å²) in [7, 11) is 0. The molecule has 0 N–H and O–H groups in total. The number of hydrogen-bond donors (Lipinski definition) is 0. The third-order valence-electron chi connectivity index (χ3n) is 5.07. The molecule has 130 valence electrons. The number of ketones is 1. The van der Waals surface area contributed by atoms with Crippen molar-refractivity contribution in [3.63, 3.8) is 0 Å². The van der Waals surface area contributed by atoms with Gasteiger partial charge in [-0.15, -0.1) is 0 Å². The molecule has 2 aliphatic rings. The topological polar surface area (TPSA) is 65.7 Å². The van der Waals surface area contributed by atoms with Gasteiger partial charge in [0, 0.05) is 24.2 Å². The standard InChI is InChI=1S/C20H16IN3O2/c1-12-3-6-17-16(9-12)18(25)20(26-21)7-8-24(19(20)23-17)15-5-4-14(11-22)13(2)10-15/h3-6,9-10H,7-8H2,1-2H3/t20-/m1/s1. The van der Waals surface area contributed by atoms with Crippen LogP contribution in [0.2, 0.25) is 0 Å². The van der Waals surface area contributed by atoms with Crippen molar-refractivity contribution >= 4 is 46.0 Å². The Kier molecular flexibility index (Phi) is 4.09. The van der Waals surface area contributed by atoms with E-state index in [0.29, 0.717) is 35.6 Å².